The minimum atomic E-state index is -0.288. The predicted molar refractivity (Wildman–Crippen MR) is 66.1 cm³/mol. The standard InChI is InChI=1S/C12H11ClFN3/c1-2-17(10-6-4-3-5-9(10)14)12-7-11(13)15-8-16-12/h3-8H,2H2,1H3. The molecule has 17 heavy (non-hydrogen) atoms. The Morgan fingerprint density at radius 1 is 1.29 bits per heavy atom. The van der Waals surface area contributed by atoms with Gasteiger partial charge in [-0.3, -0.25) is 0 Å². The van der Waals surface area contributed by atoms with E-state index in [0.29, 0.717) is 23.2 Å². The summed E-state index contributed by atoms with van der Waals surface area (Å²) in [5, 5.41) is 0.338. The lowest BCUT2D eigenvalue weighted by molar-refractivity contribution is 0.625. The second-order valence-corrected chi connectivity index (χ2v) is 3.78. The SMILES string of the molecule is CCN(c1cc(Cl)ncn1)c1ccccc1F. The van der Waals surface area contributed by atoms with E-state index >= 15 is 0 Å². The zero-order chi connectivity index (χ0) is 12.3. The van der Waals surface area contributed by atoms with Gasteiger partial charge in [0.05, 0.1) is 5.69 Å². The molecule has 1 heterocycles. The molecule has 2 aromatic rings. The Morgan fingerprint density at radius 2 is 2.06 bits per heavy atom. The van der Waals surface area contributed by atoms with Gasteiger partial charge in [0, 0.05) is 12.6 Å². The van der Waals surface area contributed by atoms with Crippen molar-refractivity contribution >= 4 is 23.1 Å². The zero-order valence-corrected chi connectivity index (χ0v) is 10.0. The van der Waals surface area contributed by atoms with Crippen LogP contribution in [0.4, 0.5) is 15.9 Å². The highest BCUT2D eigenvalue weighted by Gasteiger charge is 2.12. The van der Waals surface area contributed by atoms with Crippen LogP contribution in [0.5, 0.6) is 0 Å². The molecule has 88 valence electrons. The van der Waals surface area contributed by atoms with Gasteiger partial charge < -0.3 is 4.90 Å². The topological polar surface area (TPSA) is 29.0 Å². The smallest absolute Gasteiger partial charge is 0.146 e. The summed E-state index contributed by atoms with van der Waals surface area (Å²) < 4.78 is 13.7. The van der Waals surface area contributed by atoms with Gasteiger partial charge in [-0.1, -0.05) is 23.7 Å². The lowest BCUT2D eigenvalue weighted by Crippen LogP contribution is -2.18. The van der Waals surface area contributed by atoms with E-state index < -0.39 is 0 Å². The minimum Gasteiger partial charge on any atom is -0.324 e. The van der Waals surface area contributed by atoms with Crippen LogP contribution in [-0.2, 0) is 0 Å². The zero-order valence-electron chi connectivity index (χ0n) is 9.27. The Bertz CT molecular complexity index is 519. The third kappa shape index (κ3) is 2.53. The fraction of sp³-hybridized carbons (Fsp3) is 0.167. The molecule has 0 unspecified atom stereocenters. The van der Waals surface area contributed by atoms with Gasteiger partial charge in [-0.05, 0) is 19.1 Å². The van der Waals surface area contributed by atoms with Crippen molar-refractivity contribution in [3.05, 3.63) is 47.6 Å². The summed E-state index contributed by atoms with van der Waals surface area (Å²) in [5.74, 6) is 0.293. The van der Waals surface area contributed by atoms with Crippen LogP contribution in [-0.4, -0.2) is 16.5 Å². The summed E-state index contributed by atoms with van der Waals surface area (Å²) in [6.45, 7) is 2.51. The van der Waals surface area contributed by atoms with Gasteiger partial charge in [0.2, 0.25) is 0 Å². The molecule has 0 aliphatic heterocycles. The van der Waals surface area contributed by atoms with Crippen LogP contribution in [0.3, 0.4) is 0 Å². The molecule has 0 bridgehead atoms. The van der Waals surface area contributed by atoms with Crippen molar-refractivity contribution in [2.24, 2.45) is 0 Å². The van der Waals surface area contributed by atoms with Crippen molar-refractivity contribution < 1.29 is 4.39 Å². The van der Waals surface area contributed by atoms with E-state index in [1.807, 2.05) is 6.92 Å². The number of hydrogen-bond acceptors (Lipinski definition) is 3. The van der Waals surface area contributed by atoms with E-state index in [0.717, 1.165) is 0 Å². The molecule has 0 amide bonds. The third-order valence-electron chi connectivity index (χ3n) is 2.36. The lowest BCUT2D eigenvalue weighted by Gasteiger charge is -2.22. The van der Waals surface area contributed by atoms with Gasteiger partial charge in [0.15, 0.2) is 0 Å². The first-order valence-corrected chi connectivity index (χ1v) is 5.59. The second kappa shape index (κ2) is 5.10. The molecule has 0 saturated carbocycles. The average molecular weight is 252 g/mol. The van der Waals surface area contributed by atoms with E-state index in [-0.39, 0.29) is 5.82 Å². The highest BCUT2D eigenvalue weighted by Crippen LogP contribution is 2.26. The Labute approximate surface area is 104 Å². The molecule has 0 radical (unpaired) electrons. The summed E-state index contributed by atoms with van der Waals surface area (Å²) in [5.41, 5.74) is 0.477. The van der Waals surface area contributed by atoms with Crippen molar-refractivity contribution in [1.29, 1.82) is 0 Å². The first-order chi connectivity index (χ1) is 8.22. The normalized spacial score (nSPS) is 10.3. The first-order valence-electron chi connectivity index (χ1n) is 5.22. The molecule has 1 aromatic carbocycles. The summed E-state index contributed by atoms with van der Waals surface area (Å²) in [6, 6.07) is 8.16. The molecule has 0 aliphatic rings. The molecule has 2 rings (SSSR count). The minimum absolute atomic E-state index is 0.288. The number of hydrogen-bond donors (Lipinski definition) is 0. The average Bonchev–Trinajstić information content (AvgIpc) is 2.33. The number of aromatic nitrogens is 2. The molecule has 0 atom stereocenters. The maximum Gasteiger partial charge on any atom is 0.146 e. The van der Waals surface area contributed by atoms with E-state index in [4.69, 9.17) is 11.6 Å². The summed E-state index contributed by atoms with van der Waals surface area (Å²) in [6.07, 6.45) is 1.36. The number of anilines is 2. The van der Waals surface area contributed by atoms with Crippen molar-refractivity contribution in [3.8, 4) is 0 Å². The molecule has 0 saturated heterocycles. The summed E-state index contributed by atoms with van der Waals surface area (Å²) in [7, 11) is 0. The van der Waals surface area contributed by atoms with Gasteiger partial charge in [-0.25, -0.2) is 14.4 Å². The largest absolute Gasteiger partial charge is 0.324 e. The van der Waals surface area contributed by atoms with Gasteiger partial charge in [0.25, 0.3) is 0 Å². The molecule has 0 spiro atoms. The molecule has 0 aliphatic carbocycles. The van der Waals surface area contributed by atoms with Crippen LogP contribution in [0.1, 0.15) is 6.92 Å². The Hall–Kier alpha value is -1.68. The van der Waals surface area contributed by atoms with E-state index in [1.165, 1.54) is 12.4 Å². The Balaban J connectivity index is 2.44. The van der Waals surface area contributed by atoms with Crippen molar-refractivity contribution in [1.82, 2.24) is 9.97 Å². The maximum atomic E-state index is 13.7. The predicted octanol–water partition coefficient (Wildman–Crippen LogP) is 3.43. The molecule has 5 heteroatoms. The molecule has 0 N–H and O–H groups in total. The fourth-order valence-corrected chi connectivity index (χ4v) is 1.74. The van der Waals surface area contributed by atoms with Crippen LogP contribution in [0.15, 0.2) is 36.7 Å². The van der Waals surface area contributed by atoms with E-state index in [9.17, 15) is 4.39 Å². The van der Waals surface area contributed by atoms with Gasteiger partial charge in [-0.2, -0.15) is 0 Å². The molecule has 1 aromatic heterocycles. The van der Waals surface area contributed by atoms with Crippen LogP contribution in [0, 0.1) is 5.82 Å². The highest BCUT2D eigenvalue weighted by atomic mass is 35.5. The molecular weight excluding hydrogens is 241 g/mol. The maximum absolute atomic E-state index is 13.7. The van der Waals surface area contributed by atoms with Crippen LogP contribution >= 0.6 is 11.6 Å². The van der Waals surface area contributed by atoms with E-state index in [1.54, 1.807) is 29.2 Å². The van der Waals surface area contributed by atoms with Crippen molar-refractivity contribution in [2.45, 2.75) is 6.92 Å². The quantitative estimate of drug-likeness (QED) is 0.783. The van der Waals surface area contributed by atoms with Gasteiger partial charge >= 0.3 is 0 Å². The van der Waals surface area contributed by atoms with Crippen LogP contribution < -0.4 is 4.90 Å². The monoisotopic (exact) mass is 251 g/mol. The third-order valence-corrected chi connectivity index (χ3v) is 2.56. The number of halogens is 2. The number of nitrogens with zero attached hydrogens (tertiary/aromatic N) is 3. The van der Waals surface area contributed by atoms with Gasteiger partial charge in [-0.15, -0.1) is 0 Å². The number of rotatable bonds is 3. The number of para-hydroxylation sites is 1. The van der Waals surface area contributed by atoms with Crippen molar-refractivity contribution in [3.63, 3.8) is 0 Å². The van der Waals surface area contributed by atoms with Crippen molar-refractivity contribution in [2.75, 3.05) is 11.4 Å². The van der Waals surface area contributed by atoms with E-state index in [2.05, 4.69) is 9.97 Å². The number of benzene rings is 1. The Morgan fingerprint density at radius 3 is 2.71 bits per heavy atom. The molecule has 0 fully saturated rings. The van der Waals surface area contributed by atoms with Crippen LogP contribution in [0.2, 0.25) is 5.15 Å². The van der Waals surface area contributed by atoms with Crippen LogP contribution in [0.25, 0.3) is 0 Å². The molecule has 3 nitrogen and oxygen atoms in total. The molecular formula is C12H11ClFN3. The first kappa shape index (κ1) is 11.8. The fourth-order valence-electron chi connectivity index (χ4n) is 1.60. The lowest BCUT2D eigenvalue weighted by atomic mass is 10.2. The van der Waals surface area contributed by atoms with Gasteiger partial charge in [0.1, 0.15) is 23.1 Å². The second-order valence-electron chi connectivity index (χ2n) is 3.39. The summed E-state index contributed by atoms with van der Waals surface area (Å²) in [4.78, 5) is 9.64. The highest BCUT2D eigenvalue weighted by molar-refractivity contribution is 6.29. The summed E-state index contributed by atoms with van der Waals surface area (Å²) >= 11 is 5.80. The Kier molecular flexibility index (Phi) is 3.54.